The highest BCUT2D eigenvalue weighted by Gasteiger charge is 2.41. The lowest BCUT2D eigenvalue weighted by Gasteiger charge is -2.29. The van der Waals surface area contributed by atoms with Crippen LogP contribution in [0.3, 0.4) is 0 Å². The van der Waals surface area contributed by atoms with Crippen molar-refractivity contribution in [2.24, 2.45) is 0 Å². The van der Waals surface area contributed by atoms with E-state index in [1.165, 1.54) is 8.61 Å². The minimum atomic E-state index is -3.72. The number of hydrogen-bond donors (Lipinski definition) is 0. The first-order valence-electron chi connectivity index (χ1n) is 9.44. The van der Waals surface area contributed by atoms with E-state index in [0.29, 0.717) is 38.0 Å². The van der Waals surface area contributed by atoms with Crippen LogP contribution in [0.2, 0.25) is 0 Å². The van der Waals surface area contributed by atoms with Gasteiger partial charge in [0.15, 0.2) is 0 Å². The van der Waals surface area contributed by atoms with Gasteiger partial charge in [-0.25, -0.2) is 13.8 Å². The Morgan fingerprint density at radius 2 is 1.82 bits per heavy atom. The van der Waals surface area contributed by atoms with Crippen LogP contribution < -0.4 is 5.56 Å². The van der Waals surface area contributed by atoms with E-state index < -0.39 is 34.8 Å². The van der Waals surface area contributed by atoms with E-state index in [0.717, 1.165) is 17.4 Å². The Bertz CT molecular complexity index is 1030. The second-order valence-electron chi connectivity index (χ2n) is 7.18. The van der Waals surface area contributed by atoms with Crippen molar-refractivity contribution in [1.29, 1.82) is 0 Å². The molecule has 152 valence electrons. The molecule has 4 rings (SSSR count). The van der Waals surface area contributed by atoms with Crippen LogP contribution in [0.5, 0.6) is 0 Å². The van der Waals surface area contributed by atoms with Crippen molar-refractivity contribution in [3.05, 3.63) is 40.4 Å². The molecule has 2 fully saturated rings. The molecule has 0 aliphatic carbocycles. The SMILES string of the molecule is O=c1c2ccccc2nc(C2CCCN2S(=O)(=O)N2CCCC2)n1CC(F)F. The van der Waals surface area contributed by atoms with E-state index in [-0.39, 0.29) is 11.2 Å². The summed E-state index contributed by atoms with van der Waals surface area (Å²) in [7, 11) is -3.72. The molecule has 2 aliphatic rings. The molecule has 0 bridgehead atoms. The summed E-state index contributed by atoms with van der Waals surface area (Å²) in [5, 5.41) is 0.249. The molecular formula is C18H22F2N4O3S. The van der Waals surface area contributed by atoms with Gasteiger partial charge in [0.2, 0.25) is 0 Å². The van der Waals surface area contributed by atoms with Crippen LogP contribution in [-0.4, -0.2) is 52.6 Å². The van der Waals surface area contributed by atoms with Gasteiger partial charge in [0, 0.05) is 19.6 Å². The van der Waals surface area contributed by atoms with E-state index >= 15 is 0 Å². The van der Waals surface area contributed by atoms with Crippen LogP contribution in [0.25, 0.3) is 10.9 Å². The zero-order valence-electron chi connectivity index (χ0n) is 15.3. The Kier molecular flexibility index (Phi) is 5.19. The van der Waals surface area contributed by atoms with Gasteiger partial charge >= 0.3 is 0 Å². The monoisotopic (exact) mass is 412 g/mol. The third kappa shape index (κ3) is 3.33. The topological polar surface area (TPSA) is 75.5 Å². The van der Waals surface area contributed by atoms with E-state index in [1.807, 2.05) is 0 Å². The zero-order chi connectivity index (χ0) is 19.9. The third-order valence-electron chi connectivity index (χ3n) is 5.40. The van der Waals surface area contributed by atoms with E-state index in [2.05, 4.69) is 4.98 Å². The molecule has 1 unspecified atom stereocenters. The van der Waals surface area contributed by atoms with Gasteiger partial charge < -0.3 is 0 Å². The van der Waals surface area contributed by atoms with Crippen molar-refractivity contribution in [2.75, 3.05) is 19.6 Å². The Balaban J connectivity index is 1.83. The van der Waals surface area contributed by atoms with Crippen molar-refractivity contribution in [1.82, 2.24) is 18.2 Å². The number of alkyl halides is 2. The van der Waals surface area contributed by atoms with Crippen molar-refractivity contribution < 1.29 is 17.2 Å². The summed E-state index contributed by atoms with van der Waals surface area (Å²) in [6.45, 7) is 0.405. The molecule has 1 atom stereocenters. The van der Waals surface area contributed by atoms with E-state index in [1.54, 1.807) is 24.3 Å². The maximum Gasteiger partial charge on any atom is 0.282 e. The number of para-hydroxylation sites is 1. The zero-order valence-corrected chi connectivity index (χ0v) is 16.1. The van der Waals surface area contributed by atoms with Gasteiger partial charge in [-0.3, -0.25) is 9.36 Å². The van der Waals surface area contributed by atoms with Gasteiger partial charge in [0.05, 0.1) is 23.5 Å². The molecule has 2 saturated heterocycles. The molecule has 0 N–H and O–H groups in total. The van der Waals surface area contributed by atoms with E-state index in [4.69, 9.17) is 0 Å². The average Bonchev–Trinajstić information content (AvgIpc) is 3.36. The maximum atomic E-state index is 13.2. The fourth-order valence-corrected chi connectivity index (χ4v) is 5.99. The lowest BCUT2D eigenvalue weighted by molar-refractivity contribution is 0.122. The Morgan fingerprint density at radius 3 is 2.54 bits per heavy atom. The first-order valence-corrected chi connectivity index (χ1v) is 10.8. The van der Waals surface area contributed by atoms with Crippen LogP contribution >= 0.6 is 0 Å². The summed E-state index contributed by atoms with van der Waals surface area (Å²) in [6, 6.07) is 5.83. The van der Waals surface area contributed by atoms with Gasteiger partial charge in [0.1, 0.15) is 5.82 Å². The molecule has 28 heavy (non-hydrogen) atoms. The summed E-state index contributed by atoms with van der Waals surface area (Å²) in [5.74, 6) is 0.101. The van der Waals surface area contributed by atoms with Crippen LogP contribution in [-0.2, 0) is 16.8 Å². The first-order chi connectivity index (χ1) is 13.4. The van der Waals surface area contributed by atoms with Gasteiger partial charge in [-0.05, 0) is 37.8 Å². The second-order valence-corrected chi connectivity index (χ2v) is 9.06. The van der Waals surface area contributed by atoms with E-state index in [9.17, 15) is 22.0 Å². The number of hydrogen-bond acceptors (Lipinski definition) is 4. The Labute approximate surface area is 161 Å². The molecule has 2 aliphatic heterocycles. The second kappa shape index (κ2) is 7.49. The highest BCUT2D eigenvalue weighted by molar-refractivity contribution is 7.86. The number of aromatic nitrogens is 2. The van der Waals surface area contributed by atoms with Gasteiger partial charge in [-0.1, -0.05) is 12.1 Å². The smallest absolute Gasteiger partial charge is 0.282 e. The molecule has 0 amide bonds. The lowest BCUT2D eigenvalue weighted by Crippen LogP contribution is -2.43. The van der Waals surface area contributed by atoms with Crippen LogP contribution in [0, 0.1) is 0 Å². The molecule has 0 spiro atoms. The molecule has 3 heterocycles. The first kappa shape index (κ1) is 19.4. The third-order valence-corrected chi connectivity index (χ3v) is 7.45. The van der Waals surface area contributed by atoms with Crippen LogP contribution in [0.15, 0.2) is 29.1 Å². The number of fused-ring (bicyclic) bond motifs is 1. The highest BCUT2D eigenvalue weighted by atomic mass is 32.2. The van der Waals surface area contributed by atoms with Crippen molar-refractivity contribution >= 4 is 21.1 Å². The quantitative estimate of drug-likeness (QED) is 0.754. The standard InChI is InChI=1S/C18H22F2N4O3S/c19-16(20)12-23-17(21-14-7-2-1-6-13(14)18(23)25)15-8-5-11-24(15)28(26,27)22-9-3-4-10-22/h1-2,6-7,15-16H,3-5,8-12H2. The minimum absolute atomic E-state index is 0.101. The summed E-state index contributed by atoms with van der Waals surface area (Å²) in [5.41, 5.74) is -0.176. The van der Waals surface area contributed by atoms with Crippen molar-refractivity contribution in [3.8, 4) is 0 Å². The molecule has 1 aromatic carbocycles. The lowest BCUT2D eigenvalue weighted by atomic mass is 10.2. The molecule has 0 radical (unpaired) electrons. The van der Waals surface area contributed by atoms with Crippen LogP contribution in [0.1, 0.15) is 37.5 Å². The number of halogens is 2. The minimum Gasteiger partial charge on any atom is -0.289 e. The number of rotatable bonds is 5. The van der Waals surface area contributed by atoms with Gasteiger partial charge in [-0.2, -0.15) is 17.0 Å². The predicted molar refractivity (Wildman–Crippen MR) is 100 cm³/mol. The normalized spacial score (nSPS) is 21.9. The average molecular weight is 412 g/mol. The fraction of sp³-hybridized carbons (Fsp3) is 0.556. The molecule has 10 heteroatoms. The van der Waals surface area contributed by atoms with Crippen molar-refractivity contribution in [2.45, 2.75) is 44.7 Å². The molecule has 2 aromatic rings. The van der Waals surface area contributed by atoms with Crippen LogP contribution in [0.4, 0.5) is 8.78 Å². The fourth-order valence-electron chi connectivity index (χ4n) is 4.10. The van der Waals surface area contributed by atoms with Gasteiger partial charge in [-0.15, -0.1) is 0 Å². The number of benzene rings is 1. The van der Waals surface area contributed by atoms with Gasteiger partial charge in [0.25, 0.3) is 22.2 Å². The Morgan fingerprint density at radius 1 is 1.11 bits per heavy atom. The Hall–Kier alpha value is -1.91. The predicted octanol–water partition coefficient (Wildman–Crippen LogP) is 2.14. The number of nitrogens with zero attached hydrogens (tertiary/aromatic N) is 4. The summed E-state index contributed by atoms with van der Waals surface area (Å²) < 4.78 is 56.3. The summed E-state index contributed by atoms with van der Waals surface area (Å²) >= 11 is 0. The highest BCUT2D eigenvalue weighted by Crippen LogP contribution is 2.35. The van der Waals surface area contributed by atoms with Crippen molar-refractivity contribution in [3.63, 3.8) is 0 Å². The largest absolute Gasteiger partial charge is 0.289 e. The molecular weight excluding hydrogens is 390 g/mol. The molecule has 0 saturated carbocycles. The maximum absolute atomic E-state index is 13.2. The molecule has 7 nitrogen and oxygen atoms in total. The molecule has 1 aromatic heterocycles. The summed E-state index contributed by atoms with van der Waals surface area (Å²) in [6.07, 6.45) is -0.0928. The summed E-state index contributed by atoms with van der Waals surface area (Å²) in [4.78, 5) is 17.3.